The first-order valence-corrected chi connectivity index (χ1v) is 7.05. The van der Waals surface area contributed by atoms with Gasteiger partial charge in [0.05, 0.1) is 5.56 Å². The zero-order valence-corrected chi connectivity index (χ0v) is 12.9. The number of anilines is 1. The summed E-state index contributed by atoms with van der Waals surface area (Å²) >= 11 is 12.1. The zero-order valence-electron chi connectivity index (χ0n) is 11.4. The van der Waals surface area contributed by atoms with Gasteiger partial charge in [-0.2, -0.15) is 0 Å². The lowest BCUT2D eigenvalue weighted by Crippen LogP contribution is -2.34. The third kappa shape index (κ3) is 4.92. The van der Waals surface area contributed by atoms with Crippen molar-refractivity contribution in [1.29, 1.82) is 0 Å². The van der Waals surface area contributed by atoms with Gasteiger partial charge in [0.15, 0.2) is 0 Å². The largest absolute Gasteiger partial charge is 0.478 e. The summed E-state index contributed by atoms with van der Waals surface area (Å²) < 4.78 is 0. The van der Waals surface area contributed by atoms with Crippen molar-refractivity contribution in [3.05, 3.63) is 29.3 Å². The lowest BCUT2D eigenvalue weighted by molar-refractivity contribution is 0.0697. The van der Waals surface area contributed by atoms with E-state index in [0.29, 0.717) is 13.1 Å². The molecule has 1 aromatic rings. The van der Waals surface area contributed by atoms with Crippen molar-refractivity contribution in [2.24, 2.45) is 0 Å². The summed E-state index contributed by atoms with van der Waals surface area (Å²) in [4.78, 5) is 13.1. The number of nitrogens with zero attached hydrogens (tertiary/aromatic N) is 1. The molecule has 5 heteroatoms. The average molecular weight is 304 g/mol. The summed E-state index contributed by atoms with van der Waals surface area (Å²) in [7, 11) is 0. The molecule has 1 rings (SSSR count). The third-order valence-corrected chi connectivity index (χ3v) is 3.02. The van der Waals surface area contributed by atoms with Gasteiger partial charge in [0.1, 0.15) is 0 Å². The van der Waals surface area contributed by atoms with Crippen molar-refractivity contribution in [3.63, 3.8) is 0 Å². The second-order valence-electron chi connectivity index (χ2n) is 4.77. The van der Waals surface area contributed by atoms with Gasteiger partial charge in [-0.1, -0.05) is 6.07 Å². The van der Waals surface area contributed by atoms with E-state index in [2.05, 4.69) is 0 Å². The van der Waals surface area contributed by atoms with Crippen LogP contribution in [-0.4, -0.2) is 34.9 Å². The molecule has 0 aliphatic heterocycles. The predicted octanol–water partition coefficient (Wildman–Crippen LogP) is 3.75. The van der Waals surface area contributed by atoms with Crippen molar-refractivity contribution in [3.8, 4) is 0 Å². The second kappa shape index (κ2) is 7.01. The molecule has 0 spiro atoms. The first-order valence-electron chi connectivity index (χ1n) is 6.18. The molecule has 0 bridgehead atoms. The minimum absolute atomic E-state index is 0.0386. The standard InChI is InChI=1S/C14H19Cl2NO2/c1-9-4-5-12(14(18)19)6-13(9)17(7-10(2)15)8-11(3)16/h4-6,10-11H,7-8H2,1-3H3,(H,18,19). The smallest absolute Gasteiger partial charge is 0.335 e. The first kappa shape index (κ1) is 16.1. The Balaban J connectivity index is 3.12. The summed E-state index contributed by atoms with van der Waals surface area (Å²) in [6.45, 7) is 7.02. The van der Waals surface area contributed by atoms with Crippen LogP contribution in [0.1, 0.15) is 29.8 Å². The van der Waals surface area contributed by atoms with Gasteiger partial charge in [0.2, 0.25) is 0 Å². The number of hydrogen-bond donors (Lipinski definition) is 1. The second-order valence-corrected chi connectivity index (χ2v) is 6.26. The van der Waals surface area contributed by atoms with Gasteiger partial charge in [-0.25, -0.2) is 4.79 Å². The number of aryl methyl sites for hydroxylation is 1. The number of hydrogen-bond acceptors (Lipinski definition) is 2. The predicted molar refractivity (Wildman–Crippen MR) is 81.0 cm³/mol. The highest BCUT2D eigenvalue weighted by Gasteiger charge is 2.16. The van der Waals surface area contributed by atoms with Crippen LogP contribution in [0.3, 0.4) is 0 Å². The van der Waals surface area contributed by atoms with Gasteiger partial charge in [-0.05, 0) is 38.5 Å². The van der Waals surface area contributed by atoms with E-state index in [1.54, 1.807) is 12.1 Å². The molecule has 0 saturated carbocycles. The summed E-state index contributed by atoms with van der Waals surface area (Å²) in [6, 6.07) is 5.09. The Hall–Kier alpha value is -0.930. The van der Waals surface area contributed by atoms with E-state index in [1.807, 2.05) is 31.7 Å². The van der Waals surface area contributed by atoms with E-state index < -0.39 is 5.97 Å². The quantitative estimate of drug-likeness (QED) is 0.814. The average Bonchev–Trinajstić information content (AvgIpc) is 2.27. The minimum atomic E-state index is -0.931. The molecule has 19 heavy (non-hydrogen) atoms. The van der Waals surface area contributed by atoms with Crippen molar-refractivity contribution in [2.45, 2.75) is 31.5 Å². The van der Waals surface area contributed by atoms with Gasteiger partial charge in [-0.3, -0.25) is 0 Å². The molecule has 0 amide bonds. The molecule has 0 radical (unpaired) electrons. The van der Waals surface area contributed by atoms with E-state index in [9.17, 15) is 4.79 Å². The Morgan fingerprint density at radius 3 is 2.21 bits per heavy atom. The maximum atomic E-state index is 11.1. The molecule has 1 N–H and O–H groups in total. The topological polar surface area (TPSA) is 40.5 Å². The number of benzene rings is 1. The molecule has 2 atom stereocenters. The fourth-order valence-electron chi connectivity index (χ4n) is 1.96. The number of rotatable bonds is 6. The lowest BCUT2D eigenvalue weighted by atomic mass is 10.1. The fraction of sp³-hybridized carbons (Fsp3) is 0.500. The van der Waals surface area contributed by atoms with E-state index in [-0.39, 0.29) is 16.3 Å². The summed E-state index contributed by atoms with van der Waals surface area (Å²) in [6.07, 6.45) is 0. The number of alkyl halides is 2. The Labute approximate surface area is 124 Å². The molecule has 0 aromatic heterocycles. The summed E-state index contributed by atoms with van der Waals surface area (Å²) in [5.41, 5.74) is 2.16. The lowest BCUT2D eigenvalue weighted by Gasteiger charge is -2.29. The van der Waals surface area contributed by atoms with Gasteiger partial charge in [0.25, 0.3) is 0 Å². The molecule has 0 aliphatic carbocycles. The van der Waals surface area contributed by atoms with E-state index >= 15 is 0 Å². The van der Waals surface area contributed by atoms with Crippen LogP contribution in [-0.2, 0) is 0 Å². The van der Waals surface area contributed by atoms with Gasteiger partial charge in [0, 0.05) is 29.5 Å². The Kier molecular flexibility index (Phi) is 5.95. The van der Waals surface area contributed by atoms with Crippen LogP contribution in [0.15, 0.2) is 18.2 Å². The highest BCUT2D eigenvalue weighted by molar-refractivity contribution is 6.21. The van der Waals surface area contributed by atoms with Crippen LogP contribution < -0.4 is 4.90 Å². The first-order chi connectivity index (χ1) is 8.81. The molecule has 0 fully saturated rings. The monoisotopic (exact) mass is 303 g/mol. The molecule has 0 heterocycles. The van der Waals surface area contributed by atoms with Crippen LogP contribution in [0.4, 0.5) is 5.69 Å². The number of carbonyl (C=O) groups is 1. The SMILES string of the molecule is Cc1ccc(C(=O)O)cc1N(CC(C)Cl)CC(C)Cl. The van der Waals surface area contributed by atoms with Crippen LogP contribution in [0.25, 0.3) is 0 Å². The molecule has 0 saturated heterocycles. The van der Waals surface area contributed by atoms with Crippen molar-refractivity contribution in [1.82, 2.24) is 0 Å². The molecular weight excluding hydrogens is 285 g/mol. The molecular formula is C14H19Cl2NO2. The Bertz CT molecular complexity index is 437. The van der Waals surface area contributed by atoms with Crippen molar-refractivity contribution >= 4 is 34.9 Å². The highest BCUT2D eigenvalue weighted by Crippen LogP contribution is 2.23. The maximum Gasteiger partial charge on any atom is 0.335 e. The maximum absolute atomic E-state index is 11.1. The van der Waals surface area contributed by atoms with E-state index in [0.717, 1.165) is 11.3 Å². The highest BCUT2D eigenvalue weighted by atomic mass is 35.5. The van der Waals surface area contributed by atoms with Crippen LogP contribution >= 0.6 is 23.2 Å². The number of aromatic carboxylic acids is 1. The van der Waals surface area contributed by atoms with Crippen molar-refractivity contribution in [2.75, 3.05) is 18.0 Å². The van der Waals surface area contributed by atoms with E-state index in [4.69, 9.17) is 28.3 Å². The van der Waals surface area contributed by atoms with Crippen LogP contribution in [0, 0.1) is 6.92 Å². The van der Waals surface area contributed by atoms with Gasteiger partial charge < -0.3 is 10.0 Å². The molecule has 1 aromatic carbocycles. The molecule has 2 unspecified atom stereocenters. The normalized spacial score (nSPS) is 13.9. The summed E-state index contributed by atoms with van der Waals surface area (Å²) in [5.74, 6) is -0.931. The van der Waals surface area contributed by atoms with Gasteiger partial charge >= 0.3 is 5.97 Å². The minimum Gasteiger partial charge on any atom is -0.478 e. The fourth-order valence-corrected chi connectivity index (χ4v) is 2.29. The van der Waals surface area contributed by atoms with Crippen LogP contribution in [0.2, 0.25) is 0 Å². The molecule has 3 nitrogen and oxygen atoms in total. The third-order valence-electron chi connectivity index (χ3n) is 2.74. The number of halogens is 2. The Morgan fingerprint density at radius 1 is 1.26 bits per heavy atom. The zero-order chi connectivity index (χ0) is 14.6. The van der Waals surface area contributed by atoms with Gasteiger partial charge in [-0.15, -0.1) is 23.2 Å². The van der Waals surface area contributed by atoms with Crippen molar-refractivity contribution < 1.29 is 9.90 Å². The number of carboxylic acid groups (broad SMARTS) is 1. The molecule has 106 valence electrons. The van der Waals surface area contributed by atoms with E-state index in [1.165, 1.54) is 0 Å². The Morgan fingerprint density at radius 2 is 1.79 bits per heavy atom. The molecule has 0 aliphatic rings. The number of carboxylic acids is 1. The van der Waals surface area contributed by atoms with Crippen LogP contribution in [0.5, 0.6) is 0 Å². The summed E-state index contributed by atoms with van der Waals surface area (Å²) in [5, 5.41) is 9.00.